The minimum Gasteiger partial charge on any atom is -0.446 e. The van der Waals surface area contributed by atoms with Crippen LogP contribution in [0.1, 0.15) is 44.7 Å². The monoisotopic (exact) mass is 340 g/mol. The van der Waals surface area contributed by atoms with E-state index in [1.54, 1.807) is 17.2 Å². The van der Waals surface area contributed by atoms with E-state index in [1.807, 2.05) is 31.2 Å². The zero-order valence-electron chi connectivity index (χ0n) is 14.7. The Hall–Kier alpha value is -2.56. The van der Waals surface area contributed by atoms with Gasteiger partial charge in [-0.3, -0.25) is 4.79 Å². The lowest BCUT2D eigenvalue weighted by Gasteiger charge is -2.35. The number of cyclic esters (lactones) is 1. The van der Waals surface area contributed by atoms with Crippen molar-refractivity contribution >= 4 is 6.09 Å². The van der Waals surface area contributed by atoms with Gasteiger partial charge in [0.15, 0.2) is 0 Å². The zero-order chi connectivity index (χ0) is 17.8. The number of ether oxygens (including phenoxy) is 1. The molecule has 0 radical (unpaired) electrons. The standard InChI is InChI=1S/C20H24N2O3/c1-3-4-18-11-12-22(20(24)25-18)14(2)15-5-7-16(8-6-15)17-9-10-19(23)21-13-17/h5-10,13-14,18H,3-4,11-12H2,1-2H3,(H,21,23). The fraction of sp³-hybridized carbons (Fsp3) is 0.400. The molecule has 1 aliphatic rings. The summed E-state index contributed by atoms with van der Waals surface area (Å²) in [6.07, 6.45) is 4.39. The lowest BCUT2D eigenvalue weighted by molar-refractivity contribution is 0.00976. The molecule has 3 rings (SSSR count). The summed E-state index contributed by atoms with van der Waals surface area (Å²) >= 11 is 0. The Morgan fingerprint density at radius 2 is 1.88 bits per heavy atom. The van der Waals surface area contributed by atoms with Crippen molar-refractivity contribution in [2.45, 2.75) is 45.3 Å². The van der Waals surface area contributed by atoms with Crippen molar-refractivity contribution in [3.8, 4) is 11.1 Å². The Labute approximate surface area is 147 Å². The number of hydrogen-bond donors (Lipinski definition) is 1. The molecule has 0 saturated carbocycles. The van der Waals surface area contributed by atoms with Crippen LogP contribution in [0.15, 0.2) is 47.4 Å². The maximum atomic E-state index is 12.3. The van der Waals surface area contributed by atoms with E-state index in [9.17, 15) is 9.59 Å². The number of H-pyrrole nitrogens is 1. The number of amides is 1. The molecule has 2 aromatic rings. The van der Waals surface area contributed by atoms with E-state index in [4.69, 9.17) is 4.74 Å². The van der Waals surface area contributed by atoms with Crippen LogP contribution in [-0.4, -0.2) is 28.6 Å². The molecule has 1 aromatic carbocycles. The average molecular weight is 340 g/mol. The van der Waals surface area contributed by atoms with Gasteiger partial charge in [0.25, 0.3) is 0 Å². The molecule has 1 aromatic heterocycles. The van der Waals surface area contributed by atoms with Crippen LogP contribution in [0.5, 0.6) is 0 Å². The van der Waals surface area contributed by atoms with E-state index in [-0.39, 0.29) is 23.8 Å². The molecule has 0 spiro atoms. The van der Waals surface area contributed by atoms with Crippen LogP contribution >= 0.6 is 0 Å². The lowest BCUT2D eigenvalue weighted by atomic mass is 10.0. The van der Waals surface area contributed by atoms with Crippen LogP contribution in [0.4, 0.5) is 4.79 Å². The second kappa shape index (κ2) is 7.55. The first kappa shape index (κ1) is 17.3. The van der Waals surface area contributed by atoms with Gasteiger partial charge in [0.1, 0.15) is 6.10 Å². The van der Waals surface area contributed by atoms with Crippen molar-refractivity contribution in [3.05, 3.63) is 58.5 Å². The highest BCUT2D eigenvalue weighted by Gasteiger charge is 2.30. The van der Waals surface area contributed by atoms with Gasteiger partial charge < -0.3 is 14.6 Å². The topological polar surface area (TPSA) is 62.4 Å². The van der Waals surface area contributed by atoms with E-state index in [2.05, 4.69) is 11.9 Å². The summed E-state index contributed by atoms with van der Waals surface area (Å²) in [6.45, 7) is 4.86. The summed E-state index contributed by atoms with van der Waals surface area (Å²) < 4.78 is 5.54. The van der Waals surface area contributed by atoms with Gasteiger partial charge in [0.2, 0.25) is 5.56 Å². The van der Waals surface area contributed by atoms with Gasteiger partial charge in [-0.2, -0.15) is 0 Å². The van der Waals surface area contributed by atoms with E-state index >= 15 is 0 Å². The Kier molecular flexibility index (Phi) is 5.22. The fourth-order valence-corrected chi connectivity index (χ4v) is 3.24. The molecule has 1 saturated heterocycles. The molecule has 25 heavy (non-hydrogen) atoms. The molecule has 5 heteroatoms. The summed E-state index contributed by atoms with van der Waals surface area (Å²) in [6, 6.07) is 11.4. The van der Waals surface area contributed by atoms with Crippen molar-refractivity contribution in [1.82, 2.24) is 9.88 Å². The molecule has 1 N–H and O–H groups in total. The van der Waals surface area contributed by atoms with Crippen LogP contribution in [0.2, 0.25) is 0 Å². The number of rotatable bonds is 5. The minimum absolute atomic E-state index is 0.0280. The number of nitrogens with one attached hydrogen (secondary N) is 1. The summed E-state index contributed by atoms with van der Waals surface area (Å²) in [5.74, 6) is 0. The van der Waals surface area contributed by atoms with Crippen molar-refractivity contribution < 1.29 is 9.53 Å². The van der Waals surface area contributed by atoms with Gasteiger partial charge in [-0.25, -0.2) is 4.79 Å². The van der Waals surface area contributed by atoms with E-state index in [0.717, 1.165) is 42.5 Å². The number of aromatic amines is 1. The summed E-state index contributed by atoms with van der Waals surface area (Å²) in [5, 5.41) is 0. The highest BCUT2D eigenvalue weighted by atomic mass is 16.6. The number of aromatic nitrogens is 1. The first-order valence-corrected chi connectivity index (χ1v) is 8.85. The summed E-state index contributed by atoms with van der Waals surface area (Å²) in [5.41, 5.74) is 2.94. The van der Waals surface area contributed by atoms with Gasteiger partial charge in [0, 0.05) is 25.2 Å². The minimum atomic E-state index is -0.220. The Morgan fingerprint density at radius 3 is 2.48 bits per heavy atom. The van der Waals surface area contributed by atoms with E-state index < -0.39 is 0 Å². The molecule has 2 atom stereocenters. The molecule has 0 bridgehead atoms. The number of nitrogens with zero attached hydrogens (tertiary/aromatic N) is 1. The van der Waals surface area contributed by atoms with Crippen LogP contribution in [0, 0.1) is 0 Å². The van der Waals surface area contributed by atoms with E-state index in [0.29, 0.717) is 0 Å². The number of pyridine rings is 1. The van der Waals surface area contributed by atoms with Crippen LogP contribution in [-0.2, 0) is 4.74 Å². The highest BCUT2D eigenvalue weighted by molar-refractivity contribution is 5.69. The molecule has 1 fully saturated rings. The molecule has 1 amide bonds. The van der Waals surface area contributed by atoms with Crippen LogP contribution in [0.3, 0.4) is 0 Å². The van der Waals surface area contributed by atoms with E-state index in [1.165, 1.54) is 6.07 Å². The second-order valence-electron chi connectivity index (χ2n) is 6.52. The molecular weight excluding hydrogens is 316 g/mol. The zero-order valence-corrected chi connectivity index (χ0v) is 14.7. The first-order valence-electron chi connectivity index (χ1n) is 8.85. The average Bonchev–Trinajstić information content (AvgIpc) is 2.62. The Morgan fingerprint density at radius 1 is 1.16 bits per heavy atom. The summed E-state index contributed by atoms with van der Waals surface area (Å²) in [7, 11) is 0. The van der Waals surface area contributed by atoms with Crippen molar-refractivity contribution in [2.75, 3.05) is 6.54 Å². The number of hydrogen-bond acceptors (Lipinski definition) is 3. The van der Waals surface area contributed by atoms with Gasteiger partial charge in [-0.15, -0.1) is 0 Å². The molecule has 1 aliphatic heterocycles. The van der Waals surface area contributed by atoms with Crippen LogP contribution < -0.4 is 5.56 Å². The van der Waals surface area contributed by atoms with Crippen molar-refractivity contribution in [3.63, 3.8) is 0 Å². The predicted molar refractivity (Wildman–Crippen MR) is 97.4 cm³/mol. The quantitative estimate of drug-likeness (QED) is 0.891. The second-order valence-corrected chi connectivity index (χ2v) is 6.52. The maximum absolute atomic E-state index is 12.3. The third kappa shape index (κ3) is 3.92. The fourth-order valence-electron chi connectivity index (χ4n) is 3.24. The first-order chi connectivity index (χ1) is 12.1. The molecule has 132 valence electrons. The number of carbonyl (C=O) groups is 1. The van der Waals surface area contributed by atoms with Crippen molar-refractivity contribution in [2.24, 2.45) is 0 Å². The molecule has 5 nitrogen and oxygen atoms in total. The smallest absolute Gasteiger partial charge is 0.410 e. The molecular formula is C20H24N2O3. The summed E-state index contributed by atoms with van der Waals surface area (Å²) in [4.78, 5) is 27.9. The Bertz CT molecular complexity index is 762. The van der Waals surface area contributed by atoms with Gasteiger partial charge in [0.05, 0.1) is 6.04 Å². The molecule has 0 aliphatic carbocycles. The van der Waals surface area contributed by atoms with Gasteiger partial charge >= 0.3 is 6.09 Å². The lowest BCUT2D eigenvalue weighted by Crippen LogP contribution is -2.43. The Balaban J connectivity index is 1.70. The third-order valence-electron chi connectivity index (χ3n) is 4.78. The normalized spacial score (nSPS) is 18.7. The number of carbonyl (C=O) groups excluding carboxylic acids is 1. The highest BCUT2D eigenvalue weighted by Crippen LogP contribution is 2.28. The van der Waals surface area contributed by atoms with Crippen LogP contribution in [0.25, 0.3) is 11.1 Å². The van der Waals surface area contributed by atoms with Gasteiger partial charge in [-0.1, -0.05) is 37.6 Å². The van der Waals surface area contributed by atoms with Gasteiger partial charge in [-0.05, 0) is 36.1 Å². The van der Waals surface area contributed by atoms with Crippen molar-refractivity contribution in [1.29, 1.82) is 0 Å². The third-order valence-corrected chi connectivity index (χ3v) is 4.78. The largest absolute Gasteiger partial charge is 0.446 e. The predicted octanol–water partition coefficient (Wildman–Crippen LogP) is 4.11. The molecule has 2 unspecified atom stereocenters. The number of benzene rings is 1. The molecule has 2 heterocycles. The SMILES string of the molecule is CCCC1CCN(C(C)c2ccc(-c3ccc(=O)[nH]c3)cc2)C(=O)O1. The maximum Gasteiger partial charge on any atom is 0.410 e.